The van der Waals surface area contributed by atoms with Gasteiger partial charge in [0.15, 0.2) is 0 Å². The van der Waals surface area contributed by atoms with Crippen LogP contribution in [0, 0.1) is 0 Å². The first kappa shape index (κ1) is 8.29. The Balaban J connectivity index is 3.37. The third-order valence-electron chi connectivity index (χ3n) is 2.39. The number of benzene rings is 1. The molecule has 0 N–H and O–H groups in total. The molecule has 1 aromatic carbocycles. The standard InChI is InChI=1S/C15H18O2/c1-4-11-15(3,14(16)17-12-5-2)13-9-7-6-8-10-13/h4-10H,1-2,11-12H2,3H3/i11D2,12D2. The Hall–Kier alpha value is -1.83. The third kappa shape index (κ3) is 3.06. The third-order valence-corrected chi connectivity index (χ3v) is 2.39. The van der Waals surface area contributed by atoms with E-state index in [0.29, 0.717) is 5.56 Å². The maximum absolute atomic E-state index is 12.4. The molecule has 1 rings (SSSR count). The van der Waals surface area contributed by atoms with Gasteiger partial charge in [-0.1, -0.05) is 49.1 Å². The molecule has 0 heterocycles. The van der Waals surface area contributed by atoms with E-state index in [1.54, 1.807) is 30.3 Å². The Morgan fingerprint density at radius 3 is 2.59 bits per heavy atom. The SMILES string of the molecule is [2H]C([2H])(C=C)OC(=O)C(C)(c1ccccc1)C([2H])([2H])C=C. The van der Waals surface area contributed by atoms with E-state index in [1.165, 1.54) is 6.92 Å². The van der Waals surface area contributed by atoms with Crippen molar-refractivity contribution in [3.8, 4) is 0 Å². The van der Waals surface area contributed by atoms with Crippen molar-refractivity contribution in [1.29, 1.82) is 0 Å². The van der Waals surface area contributed by atoms with Gasteiger partial charge in [0, 0.05) is 2.74 Å². The molecular formula is C15H18O2. The molecule has 0 fully saturated rings. The number of esters is 1. The Labute approximate surface area is 108 Å². The fourth-order valence-electron chi connectivity index (χ4n) is 1.43. The maximum atomic E-state index is 12.4. The lowest BCUT2D eigenvalue weighted by atomic mass is 9.79. The molecule has 0 radical (unpaired) electrons. The lowest BCUT2D eigenvalue weighted by Crippen LogP contribution is -2.34. The lowest BCUT2D eigenvalue weighted by molar-refractivity contribution is -0.148. The van der Waals surface area contributed by atoms with Crippen LogP contribution >= 0.6 is 0 Å². The number of hydrogen-bond donors (Lipinski definition) is 0. The van der Waals surface area contributed by atoms with Gasteiger partial charge in [0.05, 0.1) is 8.16 Å². The highest BCUT2D eigenvalue weighted by Gasteiger charge is 2.35. The lowest BCUT2D eigenvalue weighted by Gasteiger charge is -2.26. The highest BCUT2D eigenvalue weighted by atomic mass is 16.5. The van der Waals surface area contributed by atoms with Gasteiger partial charge in [-0.25, -0.2) is 0 Å². The summed E-state index contributed by atoms with van der Waals surface area (Å²) in [5, 5.41) is 0. The van der Waals surface area contributed by atoms with Gasteiger partial charge in [-0.05, 0) is 18.9 Å². The topological polar surface area (TPSA) is 26.3 Å². The summed E-state index contributed by atoms with van der Waals surface area (Å²) >= 11 is 0. The van der Waals surface area contributed by atoms with Crippen molar-refractivity contribution < 1.29 is 15.0 Å². The van der Waals surface area contributed by atoms with Crippen molar-refractivity contribution in [2.45, 2.75) is 18.7 Å². The predicted molar refractivity (Wildman–Crippen MR) is 69.8 cm³/mol. The van der Waals surface area contributed by atoms with Crippen LogP contribution in [0.3, 0.4) is 0 Å². The number of ether oxygens (including phenoxy) is 1. The molecule has 0 amide bonds. The first-order valence-electron chi connectivity index (χ1n) is 7.17. The van der Waals surface area contributed by atoms with Crippen LogP contribution in [0.15, 0.2) is 55.6 Å². The molecule has 1 unspecified atom stereocenters. The molecule has 0 aliphatic heterocycles. The van der Waals surface area contributed by atoms with Crippen LogP contribution in [-0.2, 0) is 14.9 Å². The molecule has 1 atom stereocenters. The average Bonchev–Trinajstić information content (AvgIpc) is 2.46. The number of allylic oxidation sites excluding steroid dienone is 1. The van der Waals surface area contributed by atoms with E-state index < -0.39 is 24.3 Å². The normalized spacial score (nSPS) is 18.6. The monoisotopic (exact) mass is 234 g/mol. The van der Waals surface area contributed by atoms with Crippen LogP contribution in [0.4, 0.5) is 0 Å². The number of carbonyl (C=O) groups excluding carboxylic acids is 1. The molecule has 0 aromatic heterocycles. The van der Waals surface area contributed by atoms with Crippen LogP contribution in [0.2, 0.25) is 0 Å². The van der Waals surface area contributed by atoms with E-state index in [1.807, 2.05) is 0 Å². The molecule has 17 heavy (non-hydrogen) atoms. The Bertz CT molecular complexity index is 540. The summed E-state index contributed by atoms with van der Waals surface area (Å²) < 4.78 is 35.8. The minimum atomic E-state index is -2.37. The summed E-state index contributed by atoms with van der Waals surface area (Å²) in [6.45, 7) is 5.68. The highest BCUT2D eigenvalue weighted by molar-refractivity contribution is 5.83. The van der Waals surface area contributed by atoms with Crippen molar-refractivity contribution in [3.05, 3.63) is 61.2 Å². The first-order chi connectivity index (χ1) is 9.60. The average molecular weight is 234 g/mol. The van der Waals surface area contributed by atoms with Gasteiger partial charge in [-0.3, -0.25) is 4.79 Å². The van der Waals surface area contributed by atoms with Crippen LogP contribution in [0.5, 0.6) is 0 Å². The van der Waals surface area contributed by atoms with E-state index in [-0.39, 0.29) is 0 Å². The second-order valence-corrected chi connectivity index (χ2v) is 3.55. The predicted octanol–water partition coefficient (Wildman–Crippen LogP) is 3.25. The Morgan fingerprint density at radius 2 is 2.06 bits per heavy atom. The molecule has 0 saturated heterocycles. The summed E-state index contributed by atoms with van der Waals surface area (Å²) in [6, 6.07) is 8.25. The molecular weight excluding hydrogens is 212 g/mol. The van der Waals surface area contributed by atoms with Crippen molar-refractivity contribution in [1.82, 2.24) is 0 Å². The van der Waals surface area contributed by atoms with Gasteiger partial charge in [0.2, 0.25) is 0 Å². The molecule has 0 spiro atoms. The first-order valence-corrected chi connectivity index (χ1v) is 5.17. The van der Waals surface area contributed by atoms with Gasteiger partial charge >= 0.3 is 5.97 Å². The fraction of sp³-hybridized carbons (Fsp3) is 0.267. The van der Waals surface area contributed by atoms with E-state index in [4.69, 9.17) is 10.2 Å². The summed E-state index contributed by atoms with van der Waals surface area (Å²) in [5.74, 6) is -1.02. The second kappa shape index (κ2) is 6.04. The van der Waals surface area contributed by atoms with Gasteiger partial charge in [0.1, 0.15) is 6.56 Å². The quantitative estimate of drug-likeness (QED) is 0.558. The van der Waals surface area contributed by atoms with E-state index in [0.717, 1.165) is 12.2 Å². The zero-order valence-electron chi connectivity index (χ0n) is 13.8. The largest absolute Gasteiger partial charge is 0.461 e. The summed E-state index contributed by atoms with van der Waals surface area (Å²) in [7, 11) is 0. The van der Waals surface area contributed by atoms with E-state index in [2.05, 4.69) is 13.2 Å². The van der Waals surface area contributed by atoms with Crippen molar-refractivity contribution >= 4 is 5.97 Å². The van der Waals surface area contributed by atoms with Crippen LogP contribution < -0.4 is 0 Å². The molecule has 2 nitrogen and oxygen atoms in total. The molecule has 1 aromatic rings. The van der Waals surface area contributed by atoms with Gasteiger partial charge in [0.25, 0.3) is 0 Å². The Kier molecular flexibility index (Phi) is 2.95. The van der Waals surface area contributed by atoms with Crippen LogP contribution in [-0.4, -0.2) is 12.5 Å². The minimum Gasteiger partial charge on any atom is -0.461 e. The van der Waals surface area contributed by atoms with Crippen LogP contribution in [0.1, 0.15) is 24.3 Å². The second-order valence-electron chi connectivity index (χ2n) is 3.55. The van der Waals surface area contributed by atoms with E-state index >= 15 is 0 Å². The minimum absolute atomic E-state index is 0.375. The fourth-order valence-corrected chi connectivity index (χ4v) is 1.43. The zero-order chi connectivity index (χ0) is 16.3. The van der Waals surface area contributed by atoms with Crippen molar-refractivity contribution in [2.24, 2.45) is 0 Å². The van der Waals surface area contributed by atoms with Gasteiger partial charge < -0.3 is 4.74 Å². The summed E-state index contributed by atoms with van der Waals surface area (Å²) in [4.78, 5) is 12.4. The number of rotatable bonds is 6. The van der Waals surface area contributed by atoms with Crippen LogP contribution in [0.25, 0.3) is 0 Å². The Morgan fingerprint density at radius 1 is 1.41 bits per heavy atom. The highest BCUT2D eigenvalue weighted by Crippen LogP contribution is 2.29. The van der Waals surface area contributed by atoms with E-state index in [9.17, 15) is 4.79 Å². The molecule has 0 aliphatic rings. The molecule has 0 aliphatic carbocycles. The molecule has 90 valence electrons. The summed E-state index contributed by atoms with van der Waals surface area (Å²) in [5.41, 5.74) is -1.36. The molecule has 0 saturated carbocycles. The van der Waals surface area contributed by atoms with Crippen molar-refractivity contribution in [2.75, 3.05) is 6.56 Å². The van der Waals surface area contributed by atoms with Gasteiger partial charge in [-0.15, -0.1) is 6.58 Å². The smallest absolute Gasteiger partial charge is 0.316 e. The molecule has 0 bridgehead atoms. The van der Waals surface area contributed by atoms with Gasteiger partial charge in [-0.2, -0.15) is 0 Å². The van der Waals surface area contributed by atoms with Crippen molar-refractivity contribution in [3.63, 3.8) is 0 Å². The zero-order valence-corrected chi connectivity index (χ0v) is 9.77. The number of carbonyl (C=O) groups is 1. The maximum Gasteiger partial charge on any atom is 0.316 e. The summed E-state index contributed by atoms with van der Waals surface area (Å²) in [6.07, 6.45) is -0.257. The molecule has 2 heteroatoms. The number of hydrogen-bond acceptors (Lipinski definition) is 2.